The molecule has 0 amide bonds. The maximum absolute atomic E-state index is 13.4. The van der Waals surface area contributed by atoms with E-state index >= 15 is 0 Å². The lowest BCUT2D eigenvalue weighted by molar-refractivity contribution is 0.0691. The lowest BCUT2D eigenvalue weighted by atomic mass is 10.0. The minimum absolute atomic E-state index is 0.209. The standard InChI is InChI=1S/C17H13FN2O2/c1-7-14-8(2)16(17(21)22)20-13(14)6-11-10-4-3-9(18)5-12(10)19-15(7)11/h3-6,19-20H,1-2H3,(H,21,22). The second kappa shape index (κ2) is 4.10. The van der Waals surface area contributed by atoms with Crippen molar-refractivity contribution < 1.29 is 14.3 Å². The van der Waals surface area contributed by atoms with Crippen LogP contribution in [0.2, 0.25) is 0 Å². The van der Waals surface area contributed by atoms with E-state index in [4.69, 9.17) is 0 Å². The fourth-order valence-corrected chi connectivity index (χ4v) is 3.33. The Morgan fingerprint density at radius 2 is 1.82 bits per heavy atom. The third-order valence-electron chi connectivity index (χ3n) is 4.33. The molecule has 0 saturated carbocycles. The number of H-pyrrole nitrogens is 2. The number of carbonyl (C=O) groups is 1. The van der Waals surface area contributed by atoms with Crippen molar-refractivity contribution >= 4 is 38.7 Å². The highest BCUT2D eigenvalue weighted by molar-refractivity contribution is 6.14. The molecule has 0 aliphatic rings. The second-order valence-corrected chi connectivity index (χ2v) is 5.59. The van der Waals surface area contributed by atoms with Crippen molar-refractivity contribution in [1.29, 1.82) is 0 Å². The van der Waals surface area contributed by atoms with E-state index in [1.54, 1.807) is 13.0 Å². The molecular formula is C17H13FN2O2. The molecule has 0 saturated heterocycles. The van der Waals surface area contributed by atoms with E-state index in [1.807, 2.05) is 13.0 Å². The van der Waals surface area contributed by atoms with Crippen molar-refractivity contribution in [2.24, 2.45) is 0 Å². The van der Waals surface area contributed by atoms with E-state index in [9.17, 15) is 14.3 Å². The Labute approximate surface area is 124 Å². The summed E-state index contributed by atoms with van der Waals surface area (Å²) in [6, 6.07) is 6.56. The van der Waals surface area contributed by atoms with E-state index in [0.717, 1.165) is 38.3 Å². The van der Waals surface area contributed by atoms with Gasteiger partial charge >= 0.3 is 5.97 Å². The van der Waals surface area contributed by atoms with Crippen molar-refractivity contribution in [2.75, 3.05) is 0 Å². The second-order valence-electron chi connectivity index (χ2n) is 5.59. The van der Waals surface area contributed by atoms with Crippen molar-refractivity contribution in [1.82, 2.24) is 9.97 Å². The summed E-state index contributed by atoms with van der Waals surface area (Å²) in [6.07, 6.45) is 0. The number of aryl methyl sites for hydroxylation is 2. The summed E-state index contributed by atoms with van der Waals surface area (Å²) < 4.78 is 13.4. The monoisotopic (exact) mass is 296 g/mol. The quantitative estimate of drug-likeness (QED) is 0.491. The van der Waals surface area contributed by atoms with E-state index in [1.165, 1.54) is 12.1 Å². The van der Waals surface area contributed by atoms with Gasteiger partial charge in [0.25, 0.3) is 0 Å². The van der Waals surface area contributed by atoms with E-state index in [2.05, 4.69) is 9.97 Å². The van der Waals surface area contributed by atoms with Gasteiger partial charge < -0.3 is 15.1 Å². The Kier molecular flexibility index (Phi) is 2.40. The molecule has 110 valence electrons. The zero-order valence-electron chi connectivity index (χ0n) is 12.0. The highest BCUT2D eigenvalue weighted by atomic mass is 19.1. The third-order valence-corrected chi connectivity index (χ3v) is 4.33. The van der Waals surface area contributed by atoms with Crippen LogP contribution in [0.3, 0.4) is 0 Å². The minimum atomic E-state index is -0.969. The number of aromatic nitrogens is 2. The molecule has 3 N–H and O–H groups in total. The van der Waals surface area contributed by atoms with Gasteiger partial charge in [0.15, 0.2) is 0 Å². The number of nitrogens with one attached hydrogen (secondary N) is 2. The number of benzene rings is 2. The number of aromatic carboxylic acids is 1. The predicted octanol–water partition coefficient (Wildman–Crippen LogP) is 4.26. The van der Waals surface area contributed by atoms with Crippen LogP contribution in [0.15, 0.2) is 24.3 Å². The zero-order valence-corrected chi connectivity index (χ0v) is 12.0. The number of carboxylic acid groups (broad SMARTS) is 1. The first-order valence-electron chi connectivity index (χ1n) is 6.93. The lowest BCUT2D eigenvalue weighted by Gasteiger charge is -2.01. The summed E-state index contributed by atoms with van der Waals surface area (Å²) >= 11 is 0. The van der Waals surface area contributed by atoms with Gasteiger partial charge in [-0.15, -0.1) is 0 Å². The smallest absolute Gasteiger partial charge is 0.352 e. The Hall–Kier alpha value is -2.82. The summed E-state index contributed by atoms with van der Waals surface area (Å²) in [5, 5.41) is 12.0. The average molecular weight is 296 g/mol. The van der Waals surface area contributed by atoms with E-state index < -0.39 is 5.97 Å². The molecule has 0 atom stereocenters. The van der Waals surface area contributed by atoms with Gasteiger partial charge in [-0.05, 0) is 49.2 Å². The molecule has 2 aromatic carbocycles. The van der Waals surface area contributed by atoms with E-state index in [0.29, 0.717) is 5.56 Å². The largest absolute Gasteiger partial charge is 0.477 e. The first-order chi connectivity index (χ1) is 10.5. The predicted molar refractivity (Wildman–Crippen MR) is 84.1 cm³/mol. The third kappa shape index (κ3) is 1.53. The molecule has 0 aliphatic carbocycles. The lowest BCUT2D eigenvalue weighted by Crippen LogP contribution is -1.98. The molecule has 4 rings (SSSR count). The summed E-state index contributed by atoms with van der Waals surface area (Å²) in [5.41, 5.74) is 4.32. The number of halogens is 1. The fraction of sp³-hybridized carbons (Fsp3) is 0.118. The van der Waals surface area contributed by atoms with Gasteiger partial charge in [0.2, 0.25) is 0 Å². The van der Waals surface area contributed by atoms with Gasteiger partial charge in [-0.25, -0.2) is 9.18 Å². The highest BCUT2D eigenvalue weighted by Crippen LogP contribution is 2.35. The number of hydrogen-bond acceptors (Lipinski definition) is 1. The van der Waals surface area contributed by atoms with Crippen molar-refractivity contribution in [3.8, 4) is 0 Å². The molecule has 0 unspecified atom stereocenters. The average Bonchev–Trinajstić information content (AvgIpc) is 2.98. The number of fused-ring (bicyclic) bond motifs is 4. The maximum Gasteiger partial charge on any atom is 0.352 e. The van der Waals surface area contributed by atoms with Gasteiger partial charge in [0, 0.05) is 27.2 Å². The van der Waals surface area contributed by atoms with Crippen LogP contribution in [0.5, 0.6) is 0 Å². The molecule has 0 radical (unpaired) electrons. The summed E-state index contributed by atoms with van der Waals surface area (Å²) in [6.45, 7) is 3.74. The SMILES string of the molecule is Cc1c(C(=O)O)[nH]c2cc3c([nH]c4cc(F)ccc43)c(C)c12. The molecule has 0 bridgehead atoms. The normalized spacial score (nSPS) is 11.8. The molecule has 4 nitrogen and oxygen atoms in total. The number of rotatable bonds is 1. The number of hydrogen-bond donors (Lipinski definition) is 3. The Morgan fingerprint density at radius 1 is 1.05 bits per heavy atom. The van der Waals surface area contributed by atoms with Crippen LogP contribution in [-0.2, 0) is 0 Å². The van der Waals surface area contributed by atoms with Crippen LogP contribution in [0, 0.1) is 19.7 Å². The van der Waals surface area contributed by atoms with Crippen LogP contribution in [0.1, 0.15) is 21.6 Å². The van der Waals surface area contributed by atoms with Crippen LogP contribution in [0.4, 0.5) is 4.39 Å². The zero-order chi connectivity index (χ0) is 15.6. The summed E-state index contributed by atoms with van der Waals surface area (Å²) in [5.74, 6) is -1.25. The molecule has 22 heavy (non-hydrogen) atoms. The maximum atomic E-state index is 13.4. The molecule has 0 aliphatic heterocycles. The molecule has 5 heteroatoms. The Morgan fingerprint density at radius 3 is 2.55 bits per heavy atom. The van der Waals surface area contributed by atoms with Crippen molar-refractivity contribution in [2.45, 2.75) is 13.8 Å². The van der Waals surface area contributed by atoms with Gasteiger partial charge in [-0.1, -0.05) is 0 Å². The summed E-state index contributed by atoms with van der Waals surface area (Å²) in [4.78, 5) is 17.5. The minimum Gasteiger partial charge on any atom is -0.477 e. The molecule has 2 heterocycles. The van der Waals surface area contributed by atoms with Crippen molar-refractivity contribution in [3.05, 3.63) is 46.9 Å². The molecule has 4 aromatic rings. The van der Waals surface area contributed by atoms with Crippen LogP contribution >= 0.6 is 0 Å². The first kappa shape index (κ1) is 12.9. The molecule has 0 fully saturated rings. The van der Waals surface area contributed by atoms with E-state index in [-0.39, 0.29) is 11.5 Å². The Bertz CT molecular complexity index is 1090. The van der Waals surface area contributed by atoms with Crippen molar-refractivity contribution in [3.63, 3.8) is 0 Å². The summed E-state index contributed by atoms with van der Waals surface area (Å²) in [7, 11) is 0. The fourth-order valence-electron chi connectivity index (χ4n) is 3.33. The van der Waals surface area contributed by atoms with Gasteiger partial charge in [0.1, 0.15) is 11.5 Å². The van der Waals surface area contributed by atoms with Gasteiger partial charge in [-0.3, -0.25) is 0 Å². The highest BCUT2D eigenvalue weighted by Gasteiger charge is 2.18. The van der Waals surface area contributed by atoms with Gasteiger partial charge in [-0.2, -0.15) is 0 Å². The van der Waals surface area contributed by atoms with Gasteiger partial charge in [0.05, 0.1) is 5.52 Å². The Balaban J connectivity index is 2.21. The van der Waals surface area contributed by atoms with Crippen LogP contribution < -0.4 is 0 Å². The number of aromatic amines is 2. The first-order valence-corrected chi connectivity index (χ1v) is 6.93. The van der Waals surface area contributed by atoms with Crippen LogP contribution in [0.25, 0.3) is 32.7 Å². The van der Waals surface area contributed by atoms with Crippen LogP contribution in [-0.4, -0.2) is 21.0 Å². The topological polar surface area (TPSA) is 68.9 Å². The number of carboxylic acids is 1. The molecule has 2 aromatic heterocycles. The molecular weight excluding hydrogens is 283 g/mol. The molecule has 0 spiro atoms.